The van der Waals surface area contributed by atoms with Crippen molar-refractivity contribution in [2.24, 2.45) is 0 Å². The second-order valence-corrected chi connectivity index (χ2v) is 7.94. The zero-order valence-electron chi connectivity index (χ0n) is 18.9. The molecule has 4 rings (SSSR count). The van der Waals surface area contributed by atoms with Crippen LogP contribution in [-0.2, 0) is 4.74 Å². The second-order valence-electron chi connectivity index (χ2n) is 7.94. The summed E-state index contributed by atoms with van der Waals surface area (Å²) >= 11 is 0. The molecule has 1 heterocycles. The summed E-state index contributed by atoms with van der Waals surface area (Å²) in [7, 11) is 5.56. The molecule has 1 unspecified atom stereocenters. The number of carbonyl (C=O) groups is 1. The number of epoxide rings is 1. The smallest absolute Gasteiger partial charge is 0.259 e. The van der Waals surface area contributed by atoms with Crippen molar-refractivity contribution in [2.45, 2.75) is 32.2 Å². The van der Waals surface area contributed by atoms with Crippen LogP contribution in [0.15, 0.2) is 66.7 Å². The number of rotatable bonds is 11. The van der Waals surface area contributed by atoms with E-state index in [9.17, 15) is 4.79 Å². The van der Waals surface area contributed by atoms with Crippen LogP contribution in [0.2, 0.25) is 6.32 Å². The van der Waals surface area contributed by atoms with E-state index in [1.54, 1.807) is 18.2 Å². The van der Waals surface area contributed by atoms with Gasteiger partial charge >= 0.3 is 0 Å². The molecule has 0 aliphatic carbocycles. The Morgan fingerprint density at radius 3 is 2.58 bits per heavy atom. The van der Waals surface area contributed by atoms with Gasteiger partial charge in [0.15, 0.2) is 0 Å². The van der Waals surface area contributed by atoms with E-state index in [0.717, 1.165) is 35.2 Å². The Morgan fingerprint density at radius 2 is 1.85 bits per heavy atom. The van der Waals surface area contributed by atoms with Crippen LogP contribution in [0.1, 0.15) is 41.8 Å². The summed E-state index contributed by atoms with van der Waals surface area (Å²) in [6.45, 7) is 3.67. The number of hydrogen-bond acceptors (Lipinski definition) is 4. The molecular weight excluding hydrogens is 413 g/mol. The van der Waals surface area contributed by atoms with E-state index in [-0.39, 0.29) is 12.0 Å². The Balaban J connectivity index is 1.63. The van der Waals surface area contributed by atoms with Crippen LogP contribution in [0.5, 0.6) is 11.5 Å². The lowest BCUT2D eigenvalue weighted by Crippen LogP contribution is -2.15. The molecule has 33 heavy (non-hydrogen) atoms. The maximum Gasteiger partial charge on any atom is 0.259 e. The number of hydrogen-bond donors (Lipinski definition) is 1. The third kappa shape index (κ3) is 5.96. The first-order chi connectivity index (χ1) is 16.2. The number of amides is 1. The first-order valence-electron chi connectivity index (χ1n) is 11.4. The molecule has 3 aromatic carbocycles. The lowest BCUT2D eigenvalue weighted by Gasteiger charge is -2.16. The molecule has 1 amide bonds. The van der Waals surface area contributed by atoms with Crippen molar-refractivity contribution in [1.29, 1.82) is 0 Å². The molecule has 3 aromatic rings. The molecule has 0 aromatic heterocycles. The fourth-order valence-corrected chi connectivity index (χ4v) is 3.58. The first-order valence-corrected chi connectivity index (χ1v) is 11.4. The third-order valence-corrected chi connectivity index (χ3v) is 5.43. The second kappa shape index (κ2) is 11.1. The number of benzene rings is 3. The molecule has 2 radical (unpaired) electrons. The normalized spacial score (nSPS) is 14.5. The standard InChI is InChI=1S/C27H28BNO4/c1-2-3-14-32-25-12-10-21(31-15-13-28)17-23(25)27(30)29-24-16-20(19-7-5-4-6-8-19)9-11-22(24)26-18-33-26/h4-12,16-17,26H,2-3,13-15,18H2,1H3,(H,29,30). The highest BCUT2D eigenvalue weighted by Gasteiger charge is 2.28. The van der Waals surface area contributed by atoms with E-state index >= 15 is 0 Å². The van der Waals surface area contributed by atoms with Crippen molar-refractivity contribution >= 4 is 19.4 Å². The van der Waals surface area contributed by atoms with Gasteiger partial charge in [-0.25, -0.2) is 0 Å². The van der Waals surface area contributed by atoms with Crippen molar-refractivity contribution in [3.05, 3.63) is 77.9 Å². The SMILES string of the molecule is [B]CCOc1ccc(OCCCC)c(C(=O)Nc2cc(-c3ccccc3)ccc2C2CO2)c1. The Hall–Kier alpha value is -3.25. The van der Waals surface area contributed by atoms with Crippen LogP contribution in [0, 0.1) is 0 Å². The number of unbranched alkanes of at least 4 members (excludes halogenated alkanes) is 1. The van der Waals surface area contributed by atoms with E-state index in [4.69, 9.17) is 22.1 Å². The summed E-state index contributed by atoms with van der Waals surface area (Å²) in [4.78, 5) is 13.4. The van der Waals surface area contributed by atoms with Gasteiger partial charge in [-0.2, -0.15) is 0 Å². The molecule has 0 bridgehead atoms. The van der Waals surface area contributed by atoms with Gasteiger partial charge in [-0.3, -0.25) is 4.79 Å². The Morgan fingerprint density at radius 1 is 1.03 bits per heavy atom. The van der Waals surface area contributed by atoms with Crippen LogP contribution in [0.25, 0.3) is 11.1 Å². The summed E-state index contributed by atoms with van der Waals surface area (Å²) < 4.78 is 17.1. The molecule has 1 saturated heterocycles. The topological polar surface area (TPSA) is 60.1 Å². The fraction of sp³-hybridized carbons (Fsp3) is 0.296. The number of anilines is 1. The van der Waals surface area contributed by atoms with Gasteiger partial charge in [-0.05, 0) is 41.8 Å². The summed E-state index contributed by atoms with van der Waals surface area (Å²) in [6, 6.07) is 21.4. The average Bonchev–Trinajstić information content (AvgIpc) is 3.69. The minimum Gasteiger partial charge on any atom is -0.494 e. The lowest BCUT2D eigenvalue weighted by molar-refractivity contribution is 0.102. The summed E-state index contributed by atoms with van der Waals surface area (Å²) in [5.41, 5.74) is 4.23. The number of ether oxygens (including phenoxy) is 3. The molecule has 5 nitrogen and oxygen atoms in total. The van der Waals surface area contributed by atoms with Gasteiger partial charge in [0.2, 0.25) is 0 Å². The molecule has 1 aliphatic heterocycles. The largest absolute Gasteiger partial charge is 0.494 e. The summed E-state index contributed by atoms with van der Waals surface area (Å²) in [5, 5.41) is 3.09. The van der Waals surface area contributed by atoms with Crippen molar-refractivity contribution < 1.29 is 19.0 Å². The minimum atomic E-state index is -0.258. The van der Waals surface area contributed by atoms with Gasteiger partial charge in [0.05, 0.1) is 33.2 Å². The van der Waals surface area contributed by atoms with E-state index in [1.165, 1.54) is 0 Å². The molecule has 1 aliphatic rings. The summed E-state index contributed by atoms with van der Waals surface area (Å²) in [6.07, 6.45) is 2.32. The van der Waals surface area contributed by atoms with E-state index < -0.39 is 0 Å². The molecule has 0 spiro atoms. The van der Waals surface area contributed by atoms with Crippen LogP contribution in [-0.4, -0.2) is 33.6 Å². The van der Waals surface area contributed by atoms with E-state index in [2.05, 4.69) is 18.3 Å². The molecule has 1 atom stereocenters. The highest BCUT2D eigenvalue weighted by molar-refractivity contribution is 6.08. The number of nitrogens with one attached hydrogen (secondary N) is 1. The van der Waals surface area contributed by atoms with E-state index in [1.807, 2.05) is 42.5 Å². The van der Waals surface area contributed by atoms with Crippen molar-refractivity contribution in [3.8, 4) is 22.6 Å². The van der Waals surface area contributed by atoms with Gasteiger partial charge in [-0.15, -0.1) is 0 Å². The maximum absolute atomic E-state index is 13.4. The van der Waals surface area contributed by atoms with Gasteiger partial charge in [-0.1, -0.05) is 62.1 Å². The zero-order chi connectivity index (χ0) is 23.0. The third-order valence-electron chi connectivity index (χ3n) is 5.43. The van der Waals surface area contributed by atoms with Crippen LogP contribution < -0.4 is 14.8 Å². The molecule has 6 heteroatoms. The molecule has 0 saturated carbocycles. The van der Waals surface area contributed by atoms with Crippen LogP contribution >= 0.6 is 0 Å². The Labute approximate surface area is 196 Å². The Kier molecular flexibility index (Phi) is 7.68. The van der Waals surface area contributed by atoms with Crippen LogP contribution in [0.3, 0.4) is 0 Å². The summed E-state index contributed by atoms with van der Waals surface area (Å²) in [5.74, 6) is 0.855. The highest BCUT2D eigenvalue weighted by Crippen LogP contribution is 2.38. The van der Waals surface area contributed by atoms with Crippen molar-refractivity contribution in [2.75, 3.05) is 25.1 Å². The molecular formula is C27H28BNO4. The zero-order valence-corrected chi connectivity index (χ0v) is 18.9. The van der Waals surface area contributed by atoms with Gasteiger partial charge in [0, 0.05) is 11.3 Å². The quantitative estimate of drug-likeness (QED) is 0.231. The molecule has 1 N–H and O–H groups in total. The minimum absolute atomic E-state index is 0.00428. The van der Waals surface area contributed by atoms with E-state index in [0.29, 0.717) is 43.2 Å². The molecule has 168 valence electrons. The van der Waals surface area contributed by atoms with Gasteiger partial charge < -0.3 is 19.5 Å². The maximum atomic E-state index is 13.4. The lowest BCUT2D eigenvalue weighted by atomic mass is 10.0. The predicted molar refractivity (Wildman–Crippen MR) is 131 cm³/mol. The first kappa shape index (κ1) is 22.9. The van der Waals surface area contributed by atoms with Gasteiger partial charge in [0.25, 0.3) is 5.91 Å². The number of carbonyl (C=O) groups excluding carboxylic acids is 1. The Bertz CT molecular complexity index is 1080. The predicted octanol–water partition coefficient (Wildman–Crippen LogP) is 5.82. The monoisotopic (exact) mass is 441 g/mol. The van der Waals surface area contributed by atoms with Crippen LogP contribution in [0.4, 0.5) is 5.69 Å². The highest BCUT2D eigenvalue weighted by atomic mass is 16.6. The fourth-order valence-electron chi connectivity index (χ4n) is 3.58. The van der Waals surface area contributed by atoms with Crippen molar-refractivity contribution in [1.82, 2.24) is 0 Å². The van der Waals surface area contributed by atoms with Gasteiger partial charge in [0.1, 0.15) is 17.6 Å². The molecule has 1 fully saturated rings. The average molecular weight is 441 g/mol. The van der Waals surface area contributed by atoms with Crippen molar-refractivity contribution in [3.63, 3.8) is 0 Å².